The standard InChI is InChI=1S/C25H28N2O5/c1-17-22(31-2)14-19(15-23(17)32-3)24(28)27(13-7-10-18-8-5-4-6-9-18)16-20-11-12-21(26-20)25(29)30/h4-6,8-9,11-12,14-15,26H,7,10,13,16H2,1-3H3,(H,29,30). The molecule has 1 heterocycles. The average molecular weight is 437 g/mol. The number of carboxylic acids is 1. The fourth-order valence-electron chi connectivity index (χ4n) is 3.63. The lowest BCUT2D eigenvalue weighted by molar-refractivity contribution is 0.0691. The van der Waals surface area contributed by atoms with Crippen molar-refractivity contribution in [1.82, 2.24) is 9.88 Å². The first-order valence-electron chi connectivity index (χ1n) is 10.4. The first kappa shape index (κ1) is 22.9. The van der Waals surface area contributed by atoms with Crippen LogP contribution in [-0.2, 0) is 13.0 Å². The maximum absolute atomic E-state index is 13.5. The maximum atomic E-state index is 13.5. The lowest BCUT2D eigenvalue weighted by atomic mass is 10.1. The van der Waals surface area contributed by atoms with Crippen LogP contribution in [0.25, 0.3) is 0 Å². The van der Waals surface area contributed by atoms with Crippen LogP contribution >= 0.6 is 0 Å². The quantitative estimate of drug-likeness (QED) is 0.494. The summed E-state index contributed by atoms with van der Waals surface area (Å²) in [6.45, 7) is 2.64. The summed E-state index contributed by atoms with van der Waals surface area (Å²) in [6.07, 6.45) is 1.60. The smallest absolute Gasteiger partial charge is 0.352 e. The molecule has 0 aliphatic heterocycles. The summed E-state index contributed by atoms with van der Waals surface area (Å²) in [7, 11) is 3.11. The maximum Gasteiger partial charge on any atom is 0.352 e. The molecule has 2 aromatic carbocycles. The molecule has 0 unspecified atom stereocenters. The van der Waals surface area contributed by atoms with E-state index < -0.39 is 5.97 Å². The summed E-state index contributed by atoms with van der Waals surface area (Å²) in [5.41, 5.74) is 3.22. The molecule has 0 radical (unpaired) electrons. The third-order valence-electron chi connectivity index (χ3n) is 5.36. The highest BCUT2D eigenvalue weighted by Gasteiger charge is 2.20. The van der Waals surface area contributed by atoms with Crippen molar-refractivity contribution in [2.75, 3.05) is 20.8 Å². The van der Waals surface area contributed by atoms with E-state index in [9.17, 15) is 14.7 Å². The minimum atomic E-state index is -1.04. The summed E-state index contributed by atoms with van der Waals surface area (Å²) in [5.74, 6) is -0.0673. The molecule has 0 spiro atoms. The van der Waals surface area contributed by atoms with E-state index in [1.165, 1.54) is 11.6 Å². The van der Waals surface area contributed by atoms with E-state index in [-0.39, 0.29) is 18.1 Å². The Morgan fingerprint density at radius 3 is 2.22 bits per heavy atom. The molecule has 3 rings (SSSR count). The Bertz CT molecular complexity index is 1050. The summed E-state index contributed by atoms with van der Waals surface area (Å²) in [5, 5.41) is 9.19. The lowest BCUT2D eigenvalue weighted by Gasteiger charge is -2.23. The zero-order valence-electron chi connectivity index (χ0n) is 18.6. The molecule has 0 aliphatic rings. The number of aryl methyl sites for hydroxylation is 1. The van der Waals surface area contributed by atoms with Crippen molar-refractivity contribution in [3.8, 4) is 11.5 Å². The molecule has 0 fully saturated rings. The monoisotopic (exact) mass is 436 g/mol. The number of nitrogens with one attached hydrogen (secondary N) is 1. The van der Waals surface area contributed by atoms with Crippen molar-refractivity contribution in [1.29, 1.82) is 0 Å². The number of carbonyl (C=O) groups excluding carboxylic acids is 1. The number of ether oxygens (including phenoxy) is 2. The number of aromatic nitrogens is 1. The highest BCUT2D eigenvalue weighted by atomic mass is 16.5. The van der Waals surface area contributed by atoms with Gasteiger partial charge in [-0.3, -0.25) is 4.79 Å². The molecular formula is C25H28N2O5. The van der Waals surface area contributed by atoms with Gasteiger partial charge in [-0.25, -0.2) is 4.79 Å². The van der Waals surface area contributed by atoms with Crippen LogP contribution in [0.15, 0.2) is 54.6 Å². The van der Waals surface area contributed by atoms with Gasteiger partial charge in [0.1, 0.15) is 17.2 Å². The van der Waals surface area contributed by atoms with Crippen LogP contribution < -0.4 is 9.47 Å². The molecule has 1 amide bonds. The van der Waals surface area contributed by atoms with Crippen molar-refractivity contribution in [3.63, 3.8) is 0 Å². The van der Waals surface area contributed by atoms with Crippen LogP contribution in [-0.4, -0.2) is 47.6 Å². The SMILES string of the molecule is COc1cc(C(=O)N(CCCc2ccccc2)Cc2ccc(C(=O)O)[nH]2)cc(OC)c1C. The fraction of sp³-hybridized carbons (Fsp3) is 0.280. The van der Waals surface area contributed by atoms with Gasteiger partial charge in [-0.1, -0.05) is 30.3 Å². The molecule has 0 aliphatic carbocycles. The Kier molecular flexibility index (Phi) is 7.54. The first-order valence-corrected chi connectivity index (χ1v) is 10.4. The second-order valence-corrected chi connectivity index (χ2v) is 7.52. The topological polar surface area (TPSA) is 91.9 Å². The summed E-state index contributed by atoms with van der Waals surface area (Å²) in [4.78, 5) is 29.3. The summed E-state index contributed by atoms with van der Waals surface area (Å²) < 4.78 is 10.8. The molecule has 0 saturated heterocycles. The van der Waals surface area contributed by atoms with Gasteiger partial charge in [-0.05, 0) is 49.6 Å². The molecule has 1 aromatic heterocycles. The number of H-pyrrole nitrogens is 1. The van der Waals surface area contributed by atoms with E-state index in [2.05, 4.69) is 17.1 Å². The molecule has 7 nitrogen and oxygen atoms in total. The molecule has 0 saturated carbocycles. The number of aromatic amines is 1. The predicted octanol–water partition coefficient (Wildman–Crippen LogP) is 4.31. The molecule has 0 atom stereocenters. The molecule has 168 valence electrons. The molecule has 0 bridgehead atoms. The van der Waals surface area contributed by atoms with Gasteiger partial charge in [0.25, 0.3) is 5.91 Å². The van der Waals surface area contributed by atoms with Crippen LogP contribution in [0.2, 0.25) is 0 Å². The number of hydrogen-bond donors (Lipinski definition) is 2. The third kappa shape index (κ3) is 5.49. The van der Waals surface area contributed by atoms with Gasteiger partial charge in [0.2, 0.25) is 0 Å². The average Bonchev–Trinajstić information content (AvgIpc) is 3.28. The van der Waals surface area contributed by atoms with Gasteiger partial charge < -0.3 is 24.5 Å². The zero-order chi connectivity index (χ0) is 23.1. The number of amides is 1. The van der Waals surface area contributed by atoms with Crippen LogP contribution in [0, 0.1) is 6.92 Å². The van der Waals surface area contributed by atoms with Crippen LogP contribution in [0.5, 0.6) is 11.5 Å². The number of carbonyl (C=O) groups is 2. The van der Waals surface area contributed by atoms with Gasteiger partial charge >= 0.3 is 5.97 Å². The Balaban J connectivity index is 1.84. The van der Waals surface area contributed by atoms with E-state index in [0.717, 1.165) is 18.4 Å². The van der Waals surface area contributed by atoms with Crippen molar-refractivity contribution in [2.24, 2.45) is 0 Å². The fourth-order valence-corrected chi connectivity index (χ4v) is 3.63. The number of methoxy groups -OCH3 is 2. The first-order chi connectivity index (χ1) is 15.4. The van der Waals surface area contributed by atoms with E-state index in [1.807, 2.05) is 25.1 Å². The summed E-state index contributed by atoms with van der Waals surface area (Å²) in [6, 6.07) is 16.7. The second kappa shape index (κ2) is 10.5. The Hall–Kier alpha value is -3.74. The van der Waals surface area contributed by atoms with E-state index in [1.54, 1.807) is 37.3 Å². The molecule has 7 heteroatoms. The summed E-state index contributed by atoms with van der Waals surface area (Å²) >= 11 is 0. The predicted molar refractivity (Wildman–Crippen MR) is 122 cm³/mol. The highest BCUT2D eigenvalue weighted by molar-refractivity contribution is 5.95. The van der Waals surface area contributed by atoms with Gasteiger partial charge in [-0.2, -0.15) is 0 Å². The van der Waals surface area contributed by atoms with Gasteiger partial charge in [0.15, 0.2) is 0 Å². The highest BCUT2D eigenvalue weighted by Crippen LogP contribution is 2.30. The van der Waals surface area contributed by atoms with Gasteiger partial charge in [0.05, 0.1) is 20.8 Å². The molecular weight excluding hydrogens is 408 g/mol. The number of benzene rings is 2. The Morgan fingerprint density at radius 1 is 1.00 bits per heavy atom. The second-order valence-electron chi connectivity index (χ2n) is 7.52. The Morgan fingerprint density at radius 2 is 1.66 bits per heavy atom. The van der Waals surface area contributed by atoms with Gasteiger partial charge in [-0.15, -0.1) is 0 Å². The third-order valence-corrected chi connectivity index (χ3v) is 5.36. The van der Waals surface area contributed by atoms with Crippen LogP contribution in [0.3, 0.4) is 0 Å². The Labute approximate surface area is 187 Å². The minimum absolute atomic E-state index is 0.0929. The van der Waals surface area contributed by atoms with Crippen molar-refractivity contribution in [2.45, 2.75) is 26.3 Å². The number of carboxylic acid groups (broad SMARTS) is 1. The zero-order valence-corrected chi connectivity index (χ0v) is 18.6. The number of nitrogens with zero attached hydrogens (tertiary/aromatic N) is 1. The number of aromatic carboxylic acids is 1. The van der Waals surface area contributed by atoms with E-state index >= 15 is 0 Å². The molecule has 2 N–H and O–H groups in total. The van der Waals surface area contributed by atoms with Gasteiger partial charge in [0, 0.05) is 23.4 Å². The van der Waals surface area contributed by atoms with Crippen molar-refractivity contribution >= 4 is 11.9 Å². The number of rotatable bonds is 10. The number of hydrogen-bond acceptors (Lipinski definition) is 4. The van der Waals surface area contributed by atoms with E-state index in [4.69, 9.17) is 9.47 Å². The molecule has 32 heavy (non-hydrogen) atoms. The van der Waals surface area contributed by atoms with E-state index in [0.29, 0.717) is 29.3 Å². The lowest BCUT2D eigenvalue weighted by Crippen LogP contribution is -2.32. The van der Waals surface area contributed by atoms with Crippen LogP contribution in [0.4, 0.5) is 0 Å². The van der Waals surface area contributed by atoms with Crippen LogP contribution in [0.1, 0.15) is 44.1 Å². The van der Waals surface area contributed by atoms with Crippen molar-refractivity contribution < 1.29 is 24.2 Å². The molecule has 3 aromatic rings. The largest absolute Gasteiger partial charge is 0.496 e. The minimum Gasteiger partial charge on any atom is -0.496 e. The normalized spacial score (nSPS) is 10.6. The van der Waals surface area contributed by atoms with Crippen molar-refractivity contribution in [3.05, 3.63) is 82.7 Å².